The lowest BCUT2D eigenvalue weighted by atomic mass is 10.1. The van der Waals surface area contributed by atoms with Crippen molar-refractivity contribution in [3.63, 3.8) is 0 Å². The molecule has 0 saturated carbocycles. The molecule has 1 saturated heterocycles. The zero-order valence-electron chi connectivity index (χ0n) is 18.5. The van der Waals surface area contributed by atoms with E-state index < -0.39 is 0 Å². The summed E-state index contributed by atoms with van der Waals surface area (Å²) in [6, 6.07) is 19.0. The van der Waals surface area contributed by atoms with Gasteiger partial charge in [0, 0.05) is 5.02 Å². The van der Waals surface area contributed by atoms with Gasteiger partial charge in [-0.1, -0.05) is 59.8 Å². The maximum atomic E-state index is 13.2. The Morgan fingerprint density at radius 3 is 2.59 bits per heavy atom. The predicted octanol–water partition coefficient (Wildman–Crippen LogP) is 7.79. The molecule has 0 unspecified atom stereocenters. The molecular weight excluding hydrogens is 554 g/mol. The standard InChI is InChI=1S/C26H21BrClNO3S2/c1-3-31-22-13-18(12-21(27)24(22)32-15-17-7-9-19(28)10-8-17)14-23-25(30)29(26(33)34-23)20-6-4-5-16(2)11-20/h4-14H,3,15H2,1-2H3/b23-14-. The van der Waals surface area contributed by atoms with Gasteiger partial charge < -0.3 is 9.47 Å². The first-order valence-electron chi connectivity index (χ1n) is 10.5. The maximum Gasteiger partial charge on any atom is 0.270 e. The van der Waals surface area contributed by atoms with Gasteiger partial charge in [-0.15, -0.1) is 0 Å². The third-order valence-electron chi connectivity index (χ3n) is 4.98. The van der Waals surface area contributed by atoms with Crippen LogP contribution in [0.25, 0.3) is 6.08 Å². The zero-order chi connectivity index (χ0) is 24.2. The van der Waals surface area contributed by atoms with Crippen LogP contribution >= 0.6 is 51.5 Å². The smallest absolute Gasteiger partial charge is 0.270 e. The van der Waals surface area contributed by atoms with E-state index in [0.717, 1.165) is 26.9 Å². The molecule has 1 aliphatic heterocycles. The van der Waals surface area contributed by atoms with Crippen molar-refractivity contribution in [2.24, 2.45) is 0 Å². The van der Waals surface area contributed by atoms with Gasteiger partial charge in [0.25, 0.3) is 5.91 Å². The Morgan fingerprint density at radius 1 is 1.12 bits per heavy atom. The number of hydrogen-bond acceptors (Lipinski definition) is 5. The molecule has 0 radical (unpaired) electrons. The van der Waals surface area contributed by atoms with Crippen LogP contribution in [0.4, 0.5) is 5.69 Å². The molecule has 4 rings (SSSR count). The van der Waals surface area contributed by atoms with Crippen molar-refractivity contribution in [3.8, 4) is 11.5 Å². The number of benzene rings is 3. The van der Waals surface area contributed by atoms with E-state index in [1.165, 1.54) is 11.8 Å². The quantitative estimate of drug-likeness (QED) is 0.213. The van der Waals surface area contributed by atoms with Crippen molar-refractivity contribution in [1.29, 1.82) is 0 Å². The Hall–Kier alpha value is -2.32. The second-order valence-electron chi connectivity index (χ2n) is 7.53. The molecule has 1 fully saturated rings. The molecule has 34 heavy (non-hydrogen) atoms. The van der Waals surface area contributed by atoms with E-state index in [-0.39, 0.29) is 5.91 Å². The zero-order valence-corrected chi connectivity index (χ0v) is 22.5. The lowest BCUT2D eigenvalue weighted by Crippen LogP contribution is -2.27. The van der Waals surface area contributed by atoms with Gasteiger partial charge in [-0.3, -0.25) is 9.69 Å². The third-order valence-corrected chi connectivity index (χ3v) is 7.12. The van der Waals surface area contributed by atoms with Crippen LogP contribution in [0.2, 0.25) is 5.02 Å². The molecule has 1 aliphatic rings. The van der Waals surface area contributed by atoms with Crippen LogP contribution in [0.1, 0.15) is 23.6 Å². The highest BCUT2D eigenvalue weighted by Gasteiger charge is 2.33. The van der Waals surface area contributed by atoms with E-state index in [4.69, 9.17) is 33.3 Å². The van der Waals surface area contributed by atoms with Gasteiger partial charge in [0.15, 0.2) is 15.8 Å². The van der Waals surface area contributed by atoms with Gasteiger partial charge >= 0.3 is 0 Å². The number of amides is 1. The number of halogens is 2. The molecule has 1 heterocycles. The Labute approximate surface area is 222 Å². The number of thioether (sulfide) groups is 1. The van der Waals surface area contributed by atoms with E-state index in [9.17, 15) is 4.79 Å². The Balaban J connectivity index is 1.60. The first kappa shape index (κ1) is 24.8. The third kappa shape index (κ3) is 5.66. The maximum absolute atomic E-state index is 13.2. The van der Waals surface area contributed by atoms with Crippen molar-refractivity contribution in [1.82, 2.24) is 0 Å². The lowest BCUT2D eigenvalue weighted by molar-refractivity contribution is -0.113. The van der Waals surface area contributed by atoms with Crippen molar-refractivity contribution in [2.45, 2.75) is 20.5 Å². The first-order chi connectivity index (χ1) is 16.4. The molecule has 8 heteroatoms. The minimum atomic E-state index is -0.141. The van der Waals surface area contributed by atoms with E-state index in [1.54, 1.807) is 4.90 Å². The molecule has 0 bridgehead atoms. The second kappa shape index (κ2) is 11.0. The van der Waals surface area contributed by atoms with Gasteiger partial charge in [0.05, 0.1) is 21.7 Å². The molecule has 0 aromatic heterocycles. The monoisotopic (exact) mass is 573 g/mol. The number of rotatable bonds is 7. The average molecular weight is 575 g/mol. The summed E-state index contributed by atoms with van der Waals surface area (Å²) in [5, 5.41) is 0.678. The highest BCUT2D eigenvalue weighted by molar-refractivity contribution is 9.10. The highest BCUT2D eigenvalue weighted by atomic mass is 79.9. The van der Waals surface area contributed by atoms with Crippen molar-refractivity contribution in [2.75, 3.05) is 11.5 Å². The first-order valence-corrected chi connectivity index (χ1v) is 12.9. The minimum Gasteiger partial charge on any atom is -0.490 e. The summed E-state index contributed by atoms with van der Waals surface area (Å²) in [4.78, 5) is 15.3. The topological polar surface area (TPSA) is 38.8 Å². The van der Waals surface area contributed by atoms with E-state index in [2.05, 4.69) is 15.9 Å². The average Bonchev–Trinajstić information content (AvgIpc) is 3.07. The highest BCUT2D eigenvalue weighted by Crippen LogP contribution is 2.40. The number of hydrogen-bond donors (Lipinski definition) is 0. The minimum absolute atomic E-state index is 0.141. The molecule has 3 aromatic rings. The number of carbonyl (C=O) groups excluding carboxylic acids is 1. The predicted molar refractivity (Wildman–Crippen MR) is 148 cm³/mol. The number of ether oxygens (including phenoxy) is 2. The van der Waals surface area contributed by atoms with Gasteiger partial charge in [-0.05, 0) is 88.9 Å². The van der Waals surface area contributed by atoms with Crippen LogP contribution < -0.4 is 14.4 Å². The van der Waals surface area contributed by atoms with Crippen LogP contribution in [0.3, 0.4) is 0 Å². The van der Waals surface area contributed by atoms with Crippen LogP contribution in [0.5, 0.6) is 11.5 Å². The summed E-state index contributed by atoms with van der Waals surface area (Å²) < 4.78 is 13.1. The molecule has 0 aliphatic carbocycles. The number of aryl methyl sites for hydroxylation is 1. The van der Waals surface area contributed by atoms with E-state index in [1.807, 2.05) is 80.6 Å². The lowest BCUT2D eigenvalue weighted by Gasteiger charge is -2.15. The Kier molecular flexibility index (Phi) is 7.99. The molecule has 0 spiro atoms. The Morgan fingerprint density at radius 2 is 1.88 bits per heavy atom. The number of carbonyl (C=O) groups is 1. The number of thiocarbonyl (C=S) groups is 1. The second-order valence-corrected chi connectivity index (χ2v) is 10.5. The van der Waals surface area contributed by atoms with Gasteiger partial charge in [0.1, 0.15) is 6.61 Å². The molecule has 174 valence electrons. The molecular formula is C26H21BrClNO3S2. The van der Waals surface area contributed by atoms with Crippen molar-refractivity contribution >= 4 is 73.5 Å². The van der Waals surface area contributed by atoms with Gasteiger partial charge in [-0.2, -0.15) is 0 Å². The Bertz CT molecular complexity index is 1280. The SMILES string of the molecule is CCOc1cc(/C=C2\SC(=S)N(c3cccc(C)c3)C2=O)cc(Br)c1OCc1ccc(Cl)cc1. The number of anilines is 1. The van der Waals surface area contributed by atoms with Crippen molar-refractivity contribution < 1.29 is 14.3 Å². The van der Waals surface area contributed by atoms with Gasteiger partial charge in [0.2, 0.25) is 0 Å². The molecule has 3 aromatic carbocycles. The van der Waals surface area contributed by atoms with E-state index >= 15 is 0 Å². The fraction of sp³-hybridized carbons (Fsp3) is 0.154. The largest absolute Gasteiger partial charge is 0.490 e. The van der Waals surface area contributed by atoms with Crippen molar-refractivity contribution in [3.05, 3.63) is 91.8 Å². The van der Waals surface area contributed by atoms with Crippen LogP contribution in [-0.4, -0.2) is 16.8 Å². The fourth-order valence-corrected chi connectivity index (χ4v) is 5.42. The summed E-state index contributed by atoms with van der Waals surface area (Å²) in [5.41, 5.74) is 3.63. The normalized spacial score (nSPS) is 14.7. The summed E-state index contributed by atoms with van der Waals surface area (Å²) in [6.07, 6.45) is 1.82. The number of nitrogens with zero attached hydrogens (tertiary/aromatic N) is 1. The summed E-state index contributed by atoms with van der Waals surface area (Å²) in [7, 11) is 0. The van der Waals surface area contributed by atoms with Gasteiger partial charge in [-0.25, -0.2) is 0 Å². The van der Waals surface area contributed by atoms with Crippen LogP contribution in [-0.2, 0) is 11.4 Å². The molecule has 4 nitrogen and oxygen atoms in total. The van der Waals surface area contributed by atoms with Crippen LogP contribution in [0, 0.1) is 6.92 Å². The molecule has 0 atom stereocenters. The summed E-state index contributed by atoms with van der Waals surface area (Å²) in [6.45, 7) is 4.74. The molecule has 1 amide bonds. The fourth-order valence-electron chi connectivity index (χ4n) is 3.42. The van der Waals surface area contributed by atoms with Crippen LogP contribution in [0.15, 0.2) is 70.0 Å². The van der Waals surface area contributed by atoms with E-state index in [0.29, 0.717) is 39.0 Å². The molecule has 0 N–H and O–H groups in total. The summed E-state index contributed by atoms with van der Waals surface area (Å²) in [5.74, 6) is 1.05. The summed E-state index contributed by atoms with van der Waals surface area (Å²) >= 11 is 16.4.